The Morgan fingerprint density at radius 3 is 2.22 bits per heavy atom. The van der Waals surface area contributed by atoms with Gasteiger partial charge in [0.2, 0.25) is 17.7 Å². The SMILES string of the molecule is C[C@H](C(=O)NC1CCCCC1)N1C(=O)[C@H]2[C@H](C1=O)[C@H]1C=C[C@H]2C1. The fourth-order valence-electron chi connectivity index (χ4n) is 4.99. The van der Waals surface area contributed by atoms with Crippen LogP contribution in [0.15, 0.2) is 12.2 Å². The van der Waals surface area contributed by atoms with Crippen molar-refractivity contribution in [3.63, 3.8) is 0 Å². The molecule has 2 bridgehead atoms. The summed E-state index contributed by atoms with van der Waals surface area (Å²) in [5.41, 5.74) is 0. The first-order chi connectivity index (χ1) is 11.1. The molecule has 3 aliphatic carbocycles. The van der Waals surface area contributed by atoms with E-state index in [0.717, 1.165) is 32.1 Å². The number of rotatable bonds is 3. The zero-order chi connectivity index (χ0) is 16.1. The molecule has 4 rings (SSSR count). The minimum atomic E-state index is -0.693. The molecule has 1 N–H and O–H groups in total. The van der Waals surface area contributed by atoms with Crippen LogP contribution in [0.25, 0.3) is 0 Å². The van der Waals surface area contributed by atoms with Crippen LogP contribution in [0.3, 0.4) is 0 Å². The van der Waals surface area contributed by atoms with Crippen LogP contribution in [0, 0.1) is 23.7 Å². The van der Waals surface area contributed by atoms with Crippen molar-refractivity contribution in [2.45, 2.75) is 57.5 Å². The number of hydrogen-bond donors (Lipinski definition) is 1. The molecule has 5 atom stereocenters. The van der Waals surface area contributed by atoms with Gasteiger partial charge in [-0.15, -0.1) is 0 Å². The summed E-state index contributed by atoms with van der Waals surface area (Å²) in [7, 11) is 0. The molecule has 3 fully saturated rings. The molecule has 1 saturated heterocycles. The van der Waals surface area contributed by atoms with Crippen LogP contribution < -0.4 is 5.32 Å². The van der Waals surface area contributed by atoms with Gasteiger partial charge in [0.25, 0.3) is 0 Å². The Hall–Kier alpha value is -1.65. The summed E-state index contributed by atoms with van der Waals surface area (Å²) in [5, 5.41) is 3.04. The normalized spacial score (nSPS) is 37.3. The van der Waals surface area contributed by atoms with Gasteiger partial charge in [0.1, 0.15) is 6.04 Å². The molecule has 4 aliphatic rings. The molecule has 0 radical (unpaired) electrons. The minimum absolute atomic E-state index is 0.136. The van der Waals surface area contributed by atoms with E-state index in [0.29, 0.717) is 0 Å². The highest BCUT2D eigenvalue weighted by Gasteiger charge is 2.60. The molecule has 0 aromatic carbocycles. The molecule has 0 aromatic rings. The third-order valence-corrected chi connectivity index (χ3v) is 6.22. The quantitative estimate of drug-likeness (QED) is 0.636. The Balaban J connectivity index is 1.46. The number of carbonyl (C=O) groups is 3. The molecule has 5 heteroatoms. The maximum absolute atomic E-state index is 12.7. The van der Waals surface area contributed by atoms with Crippen LogP contribution in [0.2, 0.25) is 0 Å². The van der Waals surface area contributed by atoms with Gasteiger partial charge in [-0.2, -0.15) is 0 Å². The minimum Gasteiger partial charge on any atom is -0.352 e. The number of nitrogens with one attached hydrogen (secondary N) is 1. The first-order valence-corrected chi connectivity index (χ1v) is 8.93. The van der Waals surface area contributed by atoms with E-state index in [9.17, 15) is 14.4 Å². The highest BCUT2D eigenvalue weighted by molar-refractivity contribution is 6.09. The molecular weight excluding hydrogens is 292 g/mol. The van der Waals surface area contributed by atoms with Gasteiger partial charge < -0.3 is 5.32 Å². The van der Waals surface area contributed by atoms with Gasteiger partial charge in [0, 0.05) is 6.04 Å². The van der Waals surface area contributed by atoms with E-state index in [1.807, 2.05) is 0 Å². The van der Waals surface area contributed by atoms with E-state index < -0.39 is 6.04 Å². The summed E-state index contributed by atoms with van der Waals surface area (Å²) in [5.74, 6) is -0.504. The van der Waals surface area contributed by atoms with Crippen molar-refractivity contribution in [2.75, 3.05) is 0 Å². The van der Waals surface area contributed by atoms with E-state index in [4.69, 9.17) is 0 Å². The van der Waals surface area contributed by atoms with E-state index in [1.54, 1.807) is 6.92 Å². The lowest BCUT2D eigenvalue weighted by Crippen LogP contribution is -2.51. The van der Waals surface area contributed by atoms with Crippen LogP contribution in [-0.4, -0.2) is 34.7 Å². The molecule has 3 amide bonds. The number of hydrogen-bond acceptors (Lipinski definition) is 3. The van der Waals surface area contributed by atoms with Crippen LogP contribution in [0.5, 0.6) is 0 Å². The Morgan fingerprint density at radius 1 is 1.09 bits per heavy atom. The number of amides is 3. The molecule has 1 heterocycles. The van der Waals surface area contributed by atoms with E-state index in [-0.39, 0.29) is 47.4 Å². The fraction of sp³-hybridized carbons (Fsp3) is 0.722. The summed E-state index contributed by atoms with van der Waals surface area (Å²) in [6.45, 7) is 1.68. The Labute approximate surface area is 136 Å². The molecule has 23 heavy (non-hydrogen) atoms. The monoisotopic (exact) mass is 316 g/mol. The second-order valence-electron chi connectivity index (χ2n) is 7.57. The Kier molecular flexibility index (Phi) is 3.54. The molecule has 124 valence electrons. The van der Waals surface area contributed by atoms with Crippen molar-refractivity contribution in [3.8, 4) is 0 Å². The van der Waals surface area contributed by atoms with Crippen molar-refractivity contribution in [3.05, 3.63) is 12.2 Å². The van der Waals surface area contributed by atoms with Crippen LogP contribution in [0.4, 0.5) is 0 Å². The number of fused-ring (bicyclic) bond motifs is 5. The summed E-state index contributed by atoms with van der Waals surface area (Å²) in [4.78, 5) is 39.2. The second-order valence-corrected chi connectivity index (χ2v) is 7.57. The van der Waals surface area contributed by atoms with Crippen molar-refractivity contribution in [2.24, 2.45) is 23.7 Å². The topological polar surface area (TPSA) is 66.5 Å². The average Bonchev–Trinajstić information content (AvgIpc) is 3.22. The van der Waals surface area contributed by atoms with Crippen molar-refractivity contribution in [1.82, 2.24) is 10.2 Å². The molecule has 5 nitrogen and oxygen atoms in total. The van der Waals surface area contributed by atoms with Gasteiger partial charge in [-0.3, -0.25) is 19.3 Å². The first-order valence-electron chi connectivity index (χ1n) is 8.93. The standard InChI is InChI=1S/C18H24N2O3/c1-10(16(21)19-13-5-3-2-4-6-13)20-17(22)14-11-7-8-12(9-11)15(14)18(20)23/h7-8,10-15H,2-6,9H2,1H3,(H,19,21)/t10-,11+,12+,14-,15-/m1/s1. The van der Waals surface area contributed by atoms with E-state index in [1.165, 1.54) is 11.3 Å². The average molecular weight is 316 g/mol. The van der Waals surface area contributed by atoms with Gasteiger partial charge in [0.15, 0.2) is 0 Å². The number of nitrogens with zero attached hydrogens (tertiary/aromatic N) is 1. The van der Waals surface area contributed by atoms with E-state index in [2.05, 4.69) is 17.5 Å². The number of likely N-dealkylation sites (tertiary alicyclic amines) is 1. The lowest BCUT2D eigenvalue weighted by molar-refractivity contribution is -0.148. The molecule has 2 saturated carbocycles. The maximum atomic E-state index is 12.7. The highest BCUT2D eigenvalue weighted by Crippen LogP contribution is 2.52. The summed E-state index contributed by atoms with van der Waals surface area (Å²) in [6.07, 6.45) is 10.6. The zero-order valence-corrected chi connectivity index (χ0v) is 13.5. The number of imide groups is 1. The molecular formula is C18H24N2O3. The van der Waals surface area contributed by atoms with Crippen molar-refractivity contribution >= 4 is 17.7 Å². The van der Waals surface area contributed by atoms with Crippen molar-refractivity contribution in [1.29, 1.82) is 0 Å². The summed E-state index contributed by atoms with van der Waals surface area (Å²) in [6, 6.07) is -0.495. The highest BCUT2D eigenvalue weighted by atomic mass is 16.2. The predicted molar refractivity (Wildman–Crippen MR) is 84.0 cm³/mol. The Bertz CT molecular complexity index is 549. The molecule has 0 spiro atoms. The van der Waals surface area contributed by atoms with Crippen LogP contribution in [-0.2, 0) is 14.4 Å². The summed E-state index contributed by atoms with van der Waals surface area (Å²) < 4.78 is 0. The lowest BCUT2D eigenvalue weighted by atomic mass is 9.85. The Morgan fingerprint density at radius 2 is 1.65 bits per heavy atom. The second kappa shape index (κ2) is 5.46. The maximum Gasteiger partial charge on any atom is 0.243 e. The van der Waals surface area contributed by atoms with Gasteiger partial charge in [-0.25, -0.2) is 0 Å². The summed E-state index contributed by atoms with van der Waals surface area (Å²) >= 11 is 0. The largest absolute Gasteiger partial charge is 0.352 e. The molecule has 0 aromatic heterocycles. The number of allylic oxidation sites excluding steroid dienone is 2. The number of carbonyl (C=O) groups excluding carboxylic acids is 3. The first kappa shape index (κ1) is 14.9. The van der Waals surface area contributed by atoms with Gasteiger partial charge in [0.05, 0.1) is 11.8 Å². The van der Waals surface area contributed by atoms with Gasteiger partial charge >= 0.3 is 0 Å². The molecule has 1 aliphatic heterocycles. The lowest BCUT2D eigenvalue weighted by Gasteiger charge is -2.28. The van der Waals surface area contributed by atoms with Crippen LogP contribution >= 0.6 is 0 Å². The predicted octanol–water partition coefficient (Wildman–Crippen LogP) is 1.63. The van der Waals surface area contributed by atoms with Gasteiger partial charge in [-0.05, 0) is 38.0 Å². The fourth-order valence-corrected chi connectivity index (χ4v) is 4.99. The van der Waals surface area contributed by atoms with Crippen LogP contribution in [0.1, 0.15) is 45.4 Å². The third-order valence-electron chi connectivity index (χ3n) is 6.22. The van der Waals surface area contributed by atoms with Gasteiger partial charge in [-0.1, -0.05) is 31.4 Å². The smallest absolute Gasteiger partial charge is 0.243 e. The third kappa shape index (κ3) is 2.24. The van der Waals surface area contributed by atoms with Crippen molar-refractivity contribution < 1.29 is 14.4 Å². The zero-order valence-electron chi connectivity index (χ0n) is 13.5. The van der Waals surface area contributed by atoms with E-state index >= 15 is 0 Å². The molecule has 0 unspecified atom stereocenters.